The van der Waals surface area contributed by atoms with Gasteiger partial charge in [-0.25, -0.2) is 4.39 Å². The third-order valence-corrected chi connectivity index (χ3v) is 5.40. The van der Waals surface area contributed by atoms with Gasteiger partial charge in [-0.2, -0.15) is 0 Å². The van der Waals surface area contributed by atoms with E-state index >= 15 is 0 Å². The molecule has 0 atom stereocenters. The normalized spacial score (nSPS) is 18.5. The molecule has 2 aromatic carbocycles. The van der Waals surface area contributed by atoms with Gasteiger partial charge in [0.1, 0.15) is 22.8 Å². The SMILES string of the molecule is CCc1cc(-c2ccc(F)cc2Cl)ccc1C1=C(O)C(C)(C)OC(C)(C)C1=O. The Morgan fingerprint density at radius 1 is 1.04 bits per heavy atom. The zero-order chi connectivity index (χ0) is 20.9. The third-order valence-electron chi connectivity index (χ3n) is 5.09. The number of Topliss-reactive ketones (excluding diaryl/α,β-unsaturated/α-hetero) is 1. The second-order valence-corrected chi connectivity index (χ2v) is 8.43. The molecule has 1 heterocycles. The van der Waals surface area contributed by atoms with Gasteiger partial charge in [0.25, 0.3) is 0 Å². The van der Waals surface area contributed by atoms with Gasteiger partial charge in [0.2, 0.25) is 0 Å². The zero-order valence-corrected chi connectivity index (χ0v) is 17.4. The van der Waals surface area contributed by atoms with E-state index in [-0.39, 0.29) is 17.1 Å². The van der Waals surface area contributed by atoms with Crippen LogP contribution in [0.4, 0.5) is 4.39 Å². The first-order valence-electron chi connectivity index (χ1n) is 9.25. The number of aryl methyl sites for hydroxylation is 1. The summed E-state index contributed by atoms with van der Waals surface area (Å²) in [5.74, 6) is -0.723. The van der Waals surface area contributed by atoms with Crippen LogP contribution in [-0.4, -0.2) is 22.1 Å². The summed E-state index contributed by atoms with van der Waals surface area (Å²) in [4.78, 5) is 13.1. The van der Waals surface area contributed by atoms with Crippen LogP contribution in [0.5, 0.6) is 0 Å². The van der Waals surface area contributed by atoms with Crippen molar-refractivity contribution in [2.24, 2.45) is 0 Å². The van der Waals surface area contributed by atoms with Gasteiger partial charge in [0.05, 0.1) is 10.6 Å². The molecule has 0 saturated carbocycles. The lowest BCUT2D eigenvalue weighted by atomic mass is 9.81. The molecule has 0 unspecified atom stereocenters. The number of ketones is 1. The van der Waals surface area contributed by atoms with Crippen molar-refractivity contribution in [3.63, 3.8) is 0 Å². The summed E-state index contributed by atoms with van der Waals surface area (Å²) in [6.07, 6.45) is 0.647. The molecular weight excluding hydrogens is 379 g/mol. The van der Waals surface area contributed by atoms with Crippen LogP contribution in [0.1, 0.15) is 45.7 Å². The summed E-state index contributed by atoms with van der Waals surface area (Å²) in [6.45, 7) is 8.89. The Labute approximate surface area is 169 Å². The summed E-state index contributed by atoms with van der Waals surface area (Å²) in [5, 5.41) is 11.1. The van der Waals surface area contributed by atoms with Crippen LogP contribution in [0.15, 0.2) is 42.2 Å². The van der Waals surface area contributed by atoms with Crippen LogP contribution < -0.4 is 0 Å². The molecule has 0 fully saturated rings. The van der Waals surface area contributed by atoms with Crippen molar-refractivity contribution >= 4 is 23.0 Å². The summed E-state index contributed by atoms with van der Waals surface area (Å²) < 4.78 is 19.2. The number of halogens is 2. The fourth-order valence-electron chi connectivity index (χ4n) is 3.71. The Morgan fingerprint density at radius 2 is 1.68 bits per heavy atom. The van der Waals surface area contributed by atoms with Gasteiger partial charge < -0.3 is 9.84 Å². The van der Waals surface area contributed by atoms with Gasteiger partial charge in [-0.1, -0.05) is 36.7 Å². The van der Waals surface area contributed by atoms with E-state index in [9.17, 15) is 14.3 Å². The quantitative estimate of drug-likeness (QED) is 0.671. The molecule has 1 N–H and O–H groups in total. The number of hydrogen-bond acceptors (Lipinski definition) is 3. The van der Waals surface area contributed by atoms with E-state index in [2.05, 4.69) is 0 Å². The summed E-state index contributed by atoms with van der Waals surface area (Å²) in [6, 6.07) is 9.84. The first-order chi connectivity index (χ1) is 13.0. The fraction of sp³-hybridized carbons (Fsp3) is 0.348. The number of hydrogen-bond donors (Lipinski definition) is 1. The number of aliphatic hydroxyl groups is 1. The molecule has 2 aromatic rings. The number of carbonyl (C=O) groups is 1. The van der Waals surface area contributed by atoms with Gasteiger partial charge in [0.15, 0.2) is 5.78 Å². The Balaban J connectivity index is 2.19. The van der Waals surface area contributed by atoms with Crippen molar-refractivity contribution in [1.82, 2.24) is 0 Å². The molecule has 28 heavy (non-hydrogen) atoms. The second-order valence-electron chi connectivity index (χ2n) is 8.03. The van der Waals surface area contributed by atoms with Crippen molar-refractivity contribution in [2.45, 2.75) is 52.2 Å². The van der Waals surface area contributed by atoms with Crippen LogP contribution in [0.25, 0.3) is 16.7 Å². The van der Waals surface area contributed by atoms with E-state index in [1.165, 1.54) is 12.1 Å². The molecule has 1 aliphatic rings. The maximum Gasteiger partial charge on any atom is 0.198 e. The van der Waals surface area contributed by atoms with E-state index in [4.69, 9.17) is 16.3 Å². The number of ether oxygens (including phenoxy) is 1. The minimum absolute atomic E-state index is 0.0703. The van der Waals surface area contributed by atoms with Crippen LogP contribution in [0, 0.1) is 5.82 Å². The monoisotopic (exact) mass is 402 g/mol. The zero-order valence-electron chi connectivity index (χ0n) is 16.7. The molecule has 3 nitrogen and oxygen atoms in total. The van der Waals surface area contributed by atoms with Gasteiger partial charge in [0, 0.05) is 5.56 Å². The first kappa shape index (κ1) is 20.6. The molecule has 0 amide bonds. The van der Waals surface area contributed by atoms with Crippen LogP contribution in [0.3, 0.4) is 0 Å². The molecule has 5 heteroatoms. The maximum atomic E-state index is 13.4. The van der Waals surface area contributed by atoms with Gasteiger partial charge in [-0.3, -0.25) is 4.79 Å². The number of carbonyl (C=O) groups excluding carboxylic acids is 1. The molecular formula is C23H24ClFO3. The molecule has 0 saturated heterocycles. The fourth-order valence-corrected chi connectivity index (χ4v) is 3.99. The Kier molecular flexibility index (Phi) is 5.15. The van der Waals surface area contributed by atoms with Crippen molar-refractivity contribution in [3.8, 4) is 11.1 Å². The molecule has 0 aliphatic carbocycles. The summed E-state index contributed by atoms with van der Waals surface area (Å²) in [5.41, 5.74) is 1.36. The van der Waals surface area contributed by atoms with Crippen molar-refractivity contribution in [2.75, 3.05) is 0 Å². The van der Waals surface area contributed by atoms with E-state index < -0.39 is 17.0 Å². The highest BCUT2D eigenvalue weighted by atomic mass is 35.5. The van der Waals surface area contributed by atoms with Crippen molar-refractivity contribution < 1.29 is 19.0 Å². The highest BCUT2D eigenvalue weighted by Gasteiger charge is 2.47. The smallest absolute Gasteiger partial charge is 0.198 e. The average Bonchev–Trinajstić information content (AvgIpc) is 2.60. The predicted octanol–water partition coefficient (Wildman–Crippen LogP) is 6.13. The Bertz CT molecular complexity index is 989. The Hall–Kier alpha value is -2.17. The number of rotatable bonds is 3. The Morgan fingerprint density at radius 3 is 2.29 bits per heavy atom. The van der Waals surface area contributed by atoms with E-state index in [0.29, 0.717) is 22.6 Å². The first-order valence-corrected chi connectivity index (χ1v) is 9.63. The largest absolute Gasteiger partial charge is 0.508 e. The predicted molar refractivity (Wildman–Crippen MR) is 110 cm³/mol. The molecule has 3 rings (SSSR count). The topological polar surface area (TPSA) is 46.5 Å². The van der Waals surface area contributed by atoms with Gasteiger partial charge in [-0.15, -0.1) is 0 Å². The summed E-state index contributed by atoms with van der Waals surface area (Å²) in [7, 11) is 0. The lowest BCUT2D eigenvalue weighted by molar-refractivity contribution is -0.158. The average molecular weight is 403 g/mol. The molecule has 0 bridgehead atoms. The van der Waals surface area contributed by atoms with E-state index in [1.54, 1.807) is 33.8 Å². The molecule has 0 aromatic heterocycles. The highest BCUT2D eigenvalue weighted by molar-refractivity contribution is 6.33. The molecule has 1 aliphatic heterocycles. The molecule has 0 spiro atoms. The minimum atomic E-state index is -1.05. The van der Waals surface area contributed by atoms with Crippen LogP contribution in [0.2, 0.25) is 5.02 Å². The number of aliphatic hydroxyl groups excluding tert-OH is 1. The second kappa shape index (κ2) is 7.02. The lowest BCUT2D eigenvalue weighted by Crippen LogP contribution is -2.49. The highest BCUT2D eigenvalue weighted by Crippen LogP contribution is 2.41. The van der Waals surface area contributed by atoms with Crippen molar-refractivity contribution in [1.29, 1.82) is 0 Å². The third kappa shape index (κ3) is 3.47. The van der Waals surface area contributed by atoms with E-state index in [1.807, 2.05) is 25.1 Å². The maximum absolute atomic E-state index is 13.4. The van der Waals surface area contributed by atoms with Crippen LogP contribution in [-0.2, 0) is 16.0 Å². The number of benzene rings is 2. The van der Waals surface area contributed by atoms with Crippen LogP contribution >= 0.6 is 11.6 Å². The van der Waals surface area contributed by atoms with Gasteiger partial charge in [-0.05, 0) is 69.0 Å². The standard InChI is InChI=1S/C23H24ClFO3/c1-6-13-11-14(16-10-8-15(25)12-18(16)24)7-9-17(13)19-20(26)22(2,3)28-23(4,5)21(19)27/h7-12,26H,6H2,1-5H3. The molecule has 148 valence electrons. The lowest BCUT2D eigenvalue weighted by Gasteiger charge is -2.40. The molecule has 0 radical (unpaired) electrons. The van der Waals surface area contributed by atoms with Crippen molar-refractivity contribution in [3.05, 3.63) is 64.1 Å². The summed E-state index contributed by atoms with van der Waals surface area (Å²) >= 11 is 6.21. The van der Waals surface area contributed by atoms with E-state index in [0.717, 1.165) is 11.1 Å². The van der Waals surface area contributed by atoms with Gasteiger partial charge >= 0.3 is 0 Å². The minimum Gasteiger partial charge on any atom is -0.508 e.